The first kappa shape index (κ1) is 9.52. The molecular weight excluding hydrogens is 206 g/mol. The molecule has 1 atom stereocenters. The molecule has 2 heterocycles. The van der Waals surface area contributed by atoms with Crippen molar-refractivity contribution in [2.75, 3.05) is 11.5 Å². The maximum Gasteiger partial charge on any atom is 0.164 e. The third kappa shape index (κ3) is 1.53. The second kappa shape index (κ2) is 3.71. The van der Waals surface area contributed by atoms with E-state index in [2.05, 4.69) is 10.8 Å². The van der Waals surface area contributed by atoms with E-state index in [1.165, 1.54) is 23.6 Å². The highest BCUT2D eigenvalue weighted by molar-refractivity contribution is 7.99. The van der Waals surface area contributed by atoms with Crippen molar-refractivity contribution >= 4 is 17.5 Å². The molecule has 1 saturated heterocycles. The predicted octanol–water partition coefficient (Wildman–Crippen LogP) is 2.69. The van der Waals surface area contributed by atoms with Crippen LogP contribution in [-0.4, -0.2) is 21.9 Å². The Balaban J connectivity index is 1.98. The molecule has 1 unspecified atom stereocenters. The molecule has 3 rings (SSSR count). The number of nitrogens with zero attached hydrogens (tertiary/aromatic N) is 1. The Labute approximate surface area is 94.0 Å². The Bertz CT molecular complexity index is 390. The van der Waals surface area contributed by atoms with Crippen LogP contribution in [0.15, 0.2) is 12.3 Å². The van der Waals surface area contributed by atoms with Gasteiger partial charge in [-0.05, 0) is 31.1 Å². The van der Waals surface area contributed by atoms with Gasteiger partial charge in [0.15, 0.2) is 5.78 Å². The smallest absolute Gasteiger partial charge is 0.164 e. The van der Waals surface area contributed by atoms with Crippen molar-refractivity contribution < 1.29 is 4.79 Å². The van der Waals surface area contributed by atoms with Crippen molar-refractivity contribution in [1.82, 2.24) is 4.57 Å². The minimum Gasteiger partial charge on any atom is -0.347 e. The van der Waals surface area contributed by atoms with Crippen molar-refractivity contribution in [3.05, 3.63) is 23.5 Å². The average molecular weight is 221 g/mol. The fourth-order valence-electron chi connectivity index (χ4n) is 2.63. The van der Waals surface area contributed by atoms with Crippen LogP contribution in [0.4, 0.5) is 0 Å². The zero-order chi connectivity index (χ0) is 10.3. The van der Waals surface area contributed by atoms with E-state index in [4.69, 9.17) is 0 Å². The highest BCUT2D eigenvalue weighted by Crippen LogP contribution is 2.32. The largest absolute Gasteiger partial charge is 0.347 e. The second-order valence-electron chi connectivity index (χ2n) is 4.38. The molecule has 15 heavy (non-hydrogen) atoms. The highest BCUT2D eigenvalue weighted by Gasteiger charge is 2.25. The molecule has 1 fully saturated rings. The zero-order valence-corrected chi connectivity index (χ0v) is 9.55. The molecule has 1 aromatic rings. The molecule has 0 N–H and O–H groups in total. The molecule has 0 aromatic carbocycles. The lowest BCUT2D eigenvalue weighted by Gasteiger charge is -2.19. The molecule has 1 aliphatic heterocycles. The quantitative estimate of drug-likeness (QED) is 0.727. The van der Waals surface area contributed by atoms with E-state index < -0.39 is 0 Å². The lowest BCUT2D eigenvalue weighted by atomic mass is 9.96. The molecule has 1 aromatic heterocycles. The van der Waals surface area contributed by atoms with Gasteiger partial charge in [-0.15, -0.1) is 0 Å². The molecule has 2 nitrogen and oxygen atoms in total. The van der Waals surface area contributed by atoms with Crippen LogP contribution in [0.2, 0.25) is 0 Å². The molecule has 1 aliphatic carbocycles. The van der Waals surface area contributed by atoms with Gasteiger partial charge in [-0.1, -0.05) is 0 Å². The fourth-order valence-corrected chi connectivity index (χ4v) is 3.84. The molecule has 0 radical (unpaired) electrons. The van der Waals surface area contributed by atoms with Gasteiger partial charge >= 0.3 is 0 Å². The van der Waals surface area contributed by atoms with E-state index in [9.17, 15) is 4.79 Å². The Morgan fingerprint density at radius 1 is 1.40 bits per heavy atom. The summed E-state index contributed by atoms with van der Waals surface area (Å²) in [4.78, 5) is 11.7. The molecule has 0 bridgehead atoms. The van der Waals surface area contributed by atoms with E-state index in [1.807, 2.05) is 17.8 Å². The number of fused-ring (bicyclic) bond motifs is 1. The van der Waals surface area contributed by atoms with Gasteiger partial charge in [0.2, 0.25) is 0 Å². The number of hydrogen-bond donors (Lipinski definition) is 0. The first-order chi connectivity index (χ1) is 7.36. The van der Waals surface area contributed by atoms with Crippen LogP contribution in [-0.2, 0) is 6.42 Å². The number of rotatable bonds is 1. The number of Topliss-reactive ketones (excluding diaryl/α,β-unsaturated/α-hetero) is 1. The van der Waals surface area contributed by atoms with E-state index in [0.29, 0.717) is 11.8 Å². The summed E-state index contributed by atoms with van der Waals surface area (Å²) in [6.45, 7) is 0. The minimum absolute atomic E-state index is 0.348. The van der Waals surface area contributed by atoms with Crippen LogP contribution in [0.5, 0.6) is 0 Å². The fraction of sp³-hybridized carbons (Fsp3) is 0.583. The predicted molar refractivity (Wildman–Crippen MR) is 62.7 cm³/mol. The molecule has 2 aliphatic rings. The summed E-state index contributed by atoms with van der Waals surface area (Å²) in [5, 5.41) is 0. The van der Waals surface area contributed by atoms with Crippen LogP contribution in [0.1, 0.15) is 41.4 Å². The van der Waals surface area contributed by atoms with Crippen molar-refractivity contribution in [3.8, 4) is 0 Å². The topological polar surface area (TPSA) is 22.0 Å². The summed E-state index contributed by atoms with van der Waals surface area (Å²) < 4.78 is 2.37. The SMILES string of the molecule is O=C1CCCc2c1ccn2C1CCSC1. The third-order valence-corrected chi connectivity index (χ3v) is 4.59. The summed E-state index contributed by atoms with van der Waals surface area (Å²) in [5.41, 5.74) is 2.30. The average Bonchev–Trinajstić information content (AvgIpc) is 2.85. The van der Waals surface area contributed by atoms with E-state index in [1.54, 1.807) is 0 Å². The number of carbonyl (C=O) groups excluding carboxylic acids is 1. The Morgan fingerprint density at radius 2 is 2.33 bits per heavy atom. The summed E-state index contributed by atoms with van der Waals surface area (Å²) in [7, 11) is 0. The van der Waals surface area contributed by atoms with Gasteiger partial charge in [0.05, 0.1) is 0 Å². The summed E-state index contributed by atoms with van der Waals surface area (Å²) in [5.74, 6) is 2.83. The number of ketones is 1. The van der Waals surface area contributed by atoms with Crippen molar-refractivity contribution in [2.45, 2.75) is 31.7 Å². The number of thioether (sulfide) groups is 1. The first-order valence-electron chi connectivity index (χ1n) is 5.67. The normalized spacial score (nSPS) is 25.6. The number of hydrogen-bond acceptors (Lipinski definition) is 2. The number of carbonyl (C=O) groups is 1. The monoisotopic (exact) mass is 221 g/mol. The minimum atomic E-state index is 0.348. The maximum atomic E-state index is 11.7. The van der Waals surface area contributed by atoms with Crippen LogP contribution in [0, 0.1) is 0 Å². The van der Waals surface area contributed by atoms with E-state index in [0.717, 1.165) is 24.8 Å². The highest BCUT2D eigenvalue weighted by atomic mass is 32.2. The molecule has 0 amide bonds. The summed E-state index contributed by atoms with van der Waals surface area (Å²) in [6, 6.07) is 2.67. The second-order valence-corrected chi connectivity index (χ2v) is 5.53. The van der Waals surface area contributed by atoms with E-state index in [-0.39, 0.29) is 0 Å². The van der Waals surface area contributed by atoms with Crippen LogP contribution < -0.4 is 0 Å². The molecule has 0 spiro atoms. The molecule has 80 valence electrons. The van der Waals surface area contributed by atoms with Gasteiger partial charge in [-0.3, -0.25) is 4.79 Å². The lowest BCUT2D eigenvalue weighted by molar-refractivity contribution is 0.0971. The van der Waals surface area contributed by atoms with Gasteiger partial charge < -0.3 is 4.57 Å². The Morgan fingerprint density at radius 3 is 3.13 bits per heavy atom. The molecule has 0 saturated carbocycles. The van der Waals surface area contributed by atoms with Crippen molar-refractivity contribution in [2.24, 2.45) is 0 Å². The Hall–Kier alpha value is -0.700. The van der Waals surface area contributed by atoms with Crippen LogP contribution >= 0.6 is 11.8 Å². The molecular formula is C12H15NOS. The number of aromatic nitrogens is 1. The van der Waals surface area contributed by atoms with Gasteiger partial charge in [-0.2, -0.15) is 11.8 Å². The van der Waals surface area contributed by atoms with Crippen LogP contribution in [0.3, 0.4) is 0 Å². The summed E-state index contributed by atoms with van der Waals surface area (Å²) in [6.07, 6.45) is 6.27. The first-order valence-corrected chi connectivity index (χ1v) is 6.82. The van der Waals surface area contributed by atoms with E-state index >= 15 is 0 Å². The van der Waals surface area contributed by atoms with Gasteiger partial charge in [-0.25, -0.2) is 0 Å². The van der Waals surface area contributed by atoms with Gasteiger partial charge in [0, 0.05) is 35.7 Å². The molecule has 3 heteroatoms. The van der Waals surface area contributed by atoms with Gasteiger partial charge in [0.25, 0.3) is 0 Å². The zero-order valence-electron chi connectivity index (χ0n) is 8.74. The van der Waals surface area contributed by atoms with Crippen molar-refractivity contribution in [1.29, 1.82) is 0 Å². The van der Waals surface area contributed by atoms with Gasteiger partial charge in [0.1, 0.15) is 0 Å². The standard InChI is InChI=1S/C12H15NOS/c14-12-3-1-2-11-10(12)4-6-13(11)9-5-7-15-8-9/h4,6,9H,1-3,5,7-8H2. The summed E-state index contributed by atoms with van der Waals surface area (Å²) >= 11 is 2.03. The van der Waals surface area contributed by atoms with Crippen LogP contribution in [0.25, 0.3) is 0 Å². The lowest BCUT2D eigenvalue weighted by Crippen LogP contribution is -2.16. The maximum absolute atomic E-state index is 11.7. The van der Waals surface area contributed by atoms with Crippen molar-refractivity contribution in [3.63, 3.8) is 0 Å². The Kier molecular flexibility index (Phi) is 2.35. The third-order valence-electron chi connectivity index (χ3n) is 3.44.